The van der Waals surface area contributed by atoms with Gasteiger partial charge in [-0.05, 0) is 41.4 Å². The number of hydrogen-bond acceptors (Lipinski definition) is 3. The summed E-state index contributed by atoms with van der Waals surface area (Å²) in [6.45, 7) is 4.93. The van der Waals surface area contributed by atoms with Gasteiger partial charge in [0.15, 0.2) is 0 Å². The summed E-state index contributed by atoms with van der Waals surface area (Å²) in [6.07, 6.45) is 1.72. The Balaban J connectivity index is 2.24. The van der Waals surface area contributed by atoms with Crippen LogP contribution >= 0.6 is 22.6 Å². The maximum absolute atomic E-state index is 12.3. The average Bonchev–Trinajstić information content (AvgIpc) is 2.49. The van der Waals surface area contributed by atoms with Crippen LogP contribution in [-0.2, 0) is 23.0 Å². The van der Waals surface area contributed by atoms with E-state index >= 15 is 0 Å². The summed E-state index contributed by atoms with van der Waals surface area (Å²) in [7, 11) is -3.15. The third-order valence-corrected chi connectivity index (χ3v) is 6.09. The smallest absolute Gasteiger partial charge is 0.214 e. The molecule has 0 saturated carbocycles. The molecule has 0 amide bonds. The number of fused-ring (bicyclic) bond motifs is 1. The molecule has 1 aromatic heterocycles. The van der Waals surface area contributed by atoms with E-state index in [-0.39, 0.29) is 11.7 Å². The number of aromatic nitrogens is 2. The lowest BCUT2D eigenvalue weighted by Crippen LogP contribution is -2.34. The Kier molecular flexibility index (Phi) is 4.32. The van der Waals surface area contributed by atoms with Crippen molar-refractivity contribution in [3.8, 4) is 0 Å². The fraction of sp³-hybridized carbons (Fsp3) is 0.727. The number of nitrogens with zero attached hydrogens (tertiary/aromatic N) is 2. The zero-order valence-electron chi connectivity index (χ0n) is 10.6. The summed E-state index contributed by atoms with van der Waals surface area (Å²) in [6, 6.07) is 0. The van der Waals surface area contributed by atoms with Crippen molar-refractivity contribution in [1.29, 1.82) is 0 Å². The first-order valence-electron chi connectivity index (χ1n) is 6.09. The van der Waals surface area contributed by atoms with Crippen molar-refractivity contribution in [1.82, 2.24) is 14.5 Å². The molecule has 0 radical (unpaired) electrons. The van der Waals surface area contributed by atoms with Crippen LogP contribution in [0.2, 0.25) is 0 Å². The van der Waals surface area contributed by atoms with Crippen molar-refractivity contribution in [3.05, 3.63) is 15.0 Å². The normalized spacial score (nSPS) is 17.8. The summed E-state index contributed by atoms with van der Waals surface area (Å²) >= 11 is 2.16. The first kappa shape index (κ1) is 14.3. The lowest BCUT2D eigenvalue weighted by molar-refractivity contribution is 0.405. The fourth-order valence-corrected chi connectivity index (χ4v) is 4.60. The van der Waals surface area contributed by atoms with Crippen LogP contribution in [0.1, 0.15) is 31.5 Å². The maximum atomic E-state index is 12.3. The van der Waals surface area contributed by atoms with E-state index in [0.717, 1.165) is 27.8 Å². The molecule has 1 aliphatic rings. The predicted molar refractivity (Wildman–Crippen MR) is 78.7 cm³/mol. The third-order valence-electron chi connectivity index (χ3n) is 3.01. The minimum atomic E-state index is -3.15. The summed E-state index contributed by atoms with van der Waals surface area (Å²) in [5, 5.41) is 7.16. The number of rotatable bonds is 3. The molecular weight excluding hydrogens is 365 g/mol. The Bertz CT molecular complexity index is 524. The third kappa shape index (κ3) is 3.05. The molecule has 0 spiro atoms. The predicted octanol–water partition coefficient (Wildman–Crippen LogP) is 1.75. The molecule has 1 aliphatic heterocycles. The molecule has 0 bridgehead atoms. The summed E-state index contributed by atoms with van der Waals surface area (Å²) in [5.41, 5.74) is 2.13. The van der Waals surface area contributed by atoms with E-state index in [1.807, 2.05) is 13.8 Å². The molecule has 0 saturated heterocycles. The molecule has 2 heterocycles. The Labute approximate surface area is 122 Å². The van der Waals surface area contributed by atoms with Crippen LogP contribution in [0.25, 0.3) is 0 Å². The number of aryl methyl sites for hydroxylation is 1. The van der Waals surface area contributed by atoms with Crippen LogP contribution in [0.3, 0.4) is 0 Å². The van der Waals surface area contributed by atoms with E-state index in [1.165, 1.54) is 0 Å². The lowest BCUT2D eigenvalue weighted by atomic mass is 10.2. The van der Waals surface area contributed by atoms with E-state index in [0.29, 0.717) is 13.1 Å². The highest BCUT2D eigenvalue weighted by Crippen LogP contribution is 2.23. The highest BCUT2D eigenvalue weighted by Gasteiger charge is 2.27. The van der Waals surface area contributed by atoms with Gasteiger partial charge in [-0.1, -0.05) is 13.8 Å². The topological polar surface area (TPSA) is 66.1 Å². The van der Waals surface area contributed by atoms with Crippen LogP contribution in [0.5, 0.6) is 0 Å². The summed E-state index contributed by atoms with van der Waals surface area (Å²) in [4.78, 5) is 0. The molecule has 102 valence electrons. The first-order chi connectivity index (χ1) is 8.40. The molecule has 0 aromatic carbocycles. The van der Waals surface area contributed by atoms with Crippen LogP contribution in [-0.4, -0.2) is 35.2 Å². The van der Waals surface area contributed by atoms with E-state index in [1.54, 1.807) is 4.31 Å². The van der Waals surface area contributed by atoms with Crippen LogP contribution < -0.4 is 0 Å². The largest absolute Gasteiger partial charge is 0.281 e. The van der Waals surface area contributed by atoms with Crippen LogP contribution in [0.4, 0.5) is 0 Å². The van der Waals surface area contributed by atoms with Crippen molar-refractivity contribution in [3.63, 3.8) is 0 Å². The van der Waals surface area contributed by atoms with Crippen molar-refractivity contribution >= 4 is 32.6 Å². The number of hydrogen-bond donors (Lipinski definition) is 1. The molecule has 18 heavy (non-hydrogen) atoms. The molecule has 0 aliphatic carbocycles. The second kappa shape index (κ2) is 5.46. The van der Waals surface area contributed by atoms with E-state index in [4.69, 9.17) is 0 Å². The fourth-order valence-electron chi connectivity index (χ4n) is 2.20. The van der Waals surface area contributed by atoms with Crippen molar-refractivity contribution in [2.45, 2.75) is 33.2 Å². The van der Waals surface area contributed by atoms with Gasteiger partial charge in [0.1, 0.15) is 3.70 Å². The van der Waals surface area contributed by atoms with Gasteiger partial charge in [-0.2, -0.15) is 9.40 Å². The molecule has 1 aromatic rings. The zero-order chi connectivity index (χ0) is 13.3. The second-order valence-corrected chi connectivity index (χ2v) is 8.12. The Morgan fingerprint density at radius 1 is 1.50 bits per heavy atom. The minimum Gasteiger partial charge on any atom is -0.281 e. The highest BCUT2D eigenvalue weighted by molar-refractivity contribution is 14.1. The summed E-state index contributed by atoms with van der Waals surface area (Å²) in [5.74, 6) is 0.373. The monoisotopic (exact) mass is 383 g/mol. The zero-order valence-corrected chi connectivity index (χ0v) is 13.6. The molecule has 2 rings (SSSR count). The molecule has 0 fully saturated rings. The SMILES string of the molecule is CC(C)CS(=O)(=O)N1CCCc2[nH]nc(I)c2C1. The van der Waals surface area contributed by atoms with Gasteiger partial charge in [0.25, 0.3) is 0 Å². The Hall–Kier alpha value is -0.150. The maximum Gasteiger partial charge on any atom is 0.214 e. The lowest BCUT2D eigenvalue weighted by Gasteiger charge is -2.21. The van der Waals surface area contributed by atoms with Gasteiger partial charge in [-0.25, -0.2) is 8.42 Å². The van der Waals surface area contributed by atoms with Gasteiger partial charge in [0, 0.05) is 24.3 Å². The number of H-pyrrole nitrogens is 1. The number of halogens is 1. The molecule has 1 N–H and O–H groups in total. The van der Waals surface area contributed by atoms with Gasteiger partial charge in [0.05, 0.1) is 5.75 Å². The molecule has 5 nitrogen and oxygen atoms in total. The molecule has 0 atom stereocenters. The highest BCUT2D eigenvalue weighted by atomic mass is 127. The Morgan fingerprint density at radius 3 is 2.89 bits per heavy atom. The van der Waals surface area contributed by atoms with Gasteiger partial charge in [-0.3, -0.25) is 5.10 Å². The van der Waals surface area contributed by atoms with Crippen molar-refractivity contribution in [2.75, 3.05) is 12.3 Å². The van der Waals surface area contributed by atoms with Gasteiger partial charge in [-0.15, -0.1) is 0 Å². The number of nitrogens with one attached hydrogen (secondary N) is 1. The van der Waals surface area contributed by atoms with Gasteiger partial charge < -0.3 is 0 Å². The van der Waals surface area contributed by atoms with Crippen LogP contribution in [0, 0.1) is 9.62 Å². The summed E-state index contributed by atoms with van der Waals surface area (Å²) < 4.78 is 27.1. The molecular formula is C11H18IN3O2S. The van der Waals surface area contributed by atoms with Gasteiger partial charge in [0.2, 0.25) is 10.0 Å². The van der Waals surface area contributed by atoms with E-state index in [2.05, 4.69) is 32.8 Å². The number of aromatic amines is 1. The number of sulfonamides is 1. The second-order valence-electron chi connectivity index (χ2n) is 5.08. The van der Waals surface area contributed by atoms with Crippen molar-refractivity contribution < 1.29 is 8.42 Å². The minimum absolute atomic E-state index is 0.154. The standard InChI is InChI=1S/C11H18IN3O2S/c1-8(2)7-18(16,17)15-5-3-4-10-9(6-15)11(12)14-13-10/h8H,3-7H2,1-2H3,(H,13,14). The van der Waals surface area contributed by atoms with E-state index < -0.39 is 10.0 Å². The van der Waals surface area contributed by atoms with Crippen molar-refractivity contribution in [2.24, 2.45) is 5.92 Å². The molecule has 7 heteroatoms. The van der Waals surface area contributed by atoms with E-state index in [9.17, 15) is 8.42 Å². The van der Waals surface area contributed by atoms with Gasteiger partial charge >= 0.3 is 0 Å². The average molecular weight is 383 g/mol. The first-order valence-corrected chi connectivity index (χ1v) is 8.78. The quantitative estimate of drug-likeness (QED) is 0.809. The Morgan fingerprint density at radius 2 is 2.22 bits per heavy atom. The van der Waals surface area contributed by atoms with Crippen LogP contribution in [0.15, 0.2) is 0 Å². The molecule has 0 unspecified atom stereocenters.